The molecule has 0 saturated heterocycles. The van der Waals surface area contributed by atoms with Crippen LogP contribution in [0.1, 0.15) is 32.0 Å². The Morgan fingerprint density at radius 2 is 1.56 bits per heavy atom. The van der Waals surface area contributed by atoms with Crippen molar-refractivity contribution in [2.45, 2.75) is 13.0 Å². The first-order valence-electron chi connectivity index (χ1n) is 10.2. The van der Waals surface area contributed by atoms with Crippen LogP contribution in [0.15, 0.2) is 78.9 Å². The minimum Gasteiger partial charge on any atom is -0.384 e. The molecule has 0 aliphatic carbocycles. The van der Waals surface area contributed by atoms with Gasteiger partial charge < -0.3 is 21.4 Å². The molecule has 0 aliphatic heterocycles. The molecule has 4 aromatic rings. The lowest BCUT2D eigenvalue weighted by molar-refractivity contribution is 0.0997. The second-order valence-electron chi connectivity index (χ2n) is 7.50. The van der Waals surface area contributed by atoms with E-state index in [-0.39, 0.29) is 11.7 Å². The Morgan fingerprint density at radius 1 is 0.875 bits per heavy atom. The van der Waals surface area contributed by atoms with Gasteiger partial charge in [-0.15, -0.1) is 0 Å². The first-order chi connectivity index (χ1) is 15.4. The maximum atomic E-state index is 13.2. The van der Waals surface area contributed by atoms with Crippen LogP contribution in [0.25, 0.3) is 10.9 Å². The van der Waals surface area contributed by atoms with Gasteiger partial charge in [0.25, 0.3) is 5.91 Å². The number of nitrogens with one attached hydrogen (secondary N) is 2. The molecular weight excluding hydrogens is 402 g/mol. The van der Waals surface area contributed by atoms with E-state index in [1.165, 1.54) is 0 Å². The van der Waals surface area contributed by atoms with Crippen molar-refractivity contribution in [3.05, 3.63) is 101 Å². The lowest BCUT2D eigenvalue weighted by atomic mass is 10.1. The third-order valence-electron chi connectivity index (χ3n) is 5.34. The maximum Gasteiger partial charge on any atom is 0.272 e. The molecule has 1 aromatic heterocycles. The zero-order chi connectivity index (χ0) is 22.7. The van der Waals surface area contributed by atoms with E-state index < -0.39 is 5.91 Å². The van der Waals surface area contributed by atoms with E-state index in [1.807, 2.05) is 53.1 Å². The summed E-state index contributed by atoms with van der Waals surface area (Å²) in [4.78, 5) is 24.4. The fourth-order valence-electron chi connectivity index (χ4n) is 3.65. The lowest BCUT2D eigenvalue weighted by Crippen LogP contribution is -2.18. The summed E-state index contributed by atoms with van der Waals surface area (Å²) in [7, 11) is 0. The molecule has 0 fully saturated rings. The molecule has 3 aromatic carbocycles. The van der Waals surface area contributed by atoms with Crippen molar-refractivity contribution < 1.29 is 9.59 Å². The van der Waals surface area contributed by atoms with Gasteiger partial charge in [-0.05, 0) is 48.4 Å². The highest BCUT2D eigenvalue weighted by Gasteiger charge is 2.17. The number of rotatable bonds is 7. The van der Waals surface area contributed by atoms with E-state index >= 15 is 0 Å². The highest BCUT2D eigenvalue weighted by atomic mass is 16.2. The van der Waals surface area contributed by atoms with Crippen molar-refractivity contribution in [1.29, 1.82) is 5.41 Å². The van der Waals surface area contributed by atoms with Gasteiger partial charge in [-0.1, -0.05) is 42.5 Å². The van der Waals surface area contributed by atoms with Gasteiger partial charge in [0.1, 0.15) is 11.5 Å². The molecule has 0 aliphatic rings. The minimum absolute atomic E-state index is 0.0248. The normalized spacial score (nSPS) is 10.8. The summed E-state index contributed by atoms with van der Waals surface area (Å²) in [5.41, 5.74) is 15.0. The largest absolute Gasteiger partial charge is 0.384 e. The zero-order valence-electron chi connectivity index (χ0n) is 17.3. The summed E-state index contributed by atoms with van der Waals surface area (Å²) >= 11 is 0. The minimum atomic E-state index is -0.523. The van der Waals surface area contributed by atoms with E-state index in [1.54, 1.807) is 30.3 Å². The van der Waals surface area contributed by atoms with Crippen LogP contribution in [0, 0.1) is 5.41 Å². The van der Waals surface area contributed by atoms with E-state index in [0.29, 0.717) is 29.1 Å². The predicted molar refractivity (Wildman–Crippen MR) is 126 cm³/mol. The summed E-state index contributed by atoms with van der Waals surface area (Å²) < 4.78 is 1.95. The number of nitrogen functional groups attached to an aromatic ring is 1. The van der Waals surface area contributed by atoms with Gasteiger partial charge in [0.05, 0.1) is 0 Å². The van der Waals surface area contributed by atoms with Gasteiger partial charge in [0.15, 0.2) is 0 Å². The summed E-state index contributed by atoms with van der Waals surface area (Å²) in [6, 6.07) is 23.8. The predicted octanol–water partition coefficient (Wildman–Crippen LogP) is 3.52. The molecule has 2 amide bonds. The Morgan fingerprint density at radius 3 is 2.22 bits per heavy atom. The average molecular weight is 425 g/mol. The van der Waals surface area contributed by atoms with Crippen LogP contribution in [0.2, 0.25) is 0 Å². The van der Waals surface area contributed by atoms with Crippen LogP contribution in [0.3, 0.4) is 0 Å². The van der Waals surface area contributed by atoms with Gasteiger partial charge in [0.2, 0.25) is 5.91 Å². The van der Waals surface area contributed by atoms with Crippen molar-refractivity contribution in [2.24, 2.45) is 11.5 Å². The summed E-state index contributed by atoms with van der Waals surface area (Å²) in [5, 5.41) is 11.5. The first-order valence-corrected chi connectivity index (χ1v) is 10.2. The standard InChI is InChI=1S/C25H23N5O2/c26-23(27)19-7-6-18-14-22(25(32)29-20-10-8-17(9-11-20)24(28)31)30(21(18)15-19)13-12-16-4-2-1-3-5-16/h1-11,14-15H,12-13H2,(H3,26,27)(H2,28,31)(H,29,32). The Kier molecular flexibility index (Phi) is 5.72. The number of anilines is 1. The van der Waals surface area contributed by atoms with Crippen molar-refractivity contribution >= 4 is 34.2 Å². The van der Waals surface area contributed by atoms with Crippen LogP contribution in [0.4, 0.5) is 5.69 Å². The van der Waals surface area contributed by atoms with Gasteiger partial charge in [-0.2, -0.15) is 0 Å². The number of benzene rings is 3. The number of nitrogens with two attached hydrogens (primary N) is 2. The van der Waals surface area contributed by atoms with E-state index in [2.05, 4.69) is 5.32 Å². The second kappa shape index (κ2) is 8.77. The van der Waals surface area contributed by atoms with Gasteiger partial charge in [-0.3, -0.25) is 15.0 Å². The Labute approximate surface area is 185 Å². The third kappa shape index (κ3) is 4.37. The number of amidine groups is 1. The summed E-state index contributed by atoms with van der Waals surface area (Å²) in [6.45, 7) is 0.582. The summed E-state index contributed by atoms with van der Waals surface area (Å²) in [5.74, 6) is -0.820. The Bertz CT molecular complexity index is 1310. The zero-order valence-corrected chi connectivity index (χ0v) is 17.3. The smallest absolute Gasteiger partial charge is 0.272 e. The molecule has 4 rings (SSSR count). The molecule has 32 heavy (non-hydrogen) atoms. The molecule has 7 heteroatoms. The Balaban J connectivity index is 1.68. The monoisotopic (exact) mass is 425 g/mol. The molecule has 1 heterocycles. The van der Waals surface area contributed by atoms with Crippen molar-refractivity contribution in [2.75, 3.05) is 5.32 Å². The van der Waals surface area contributed by atoms with Gasteiger partial charge in [0, 0.05) is 34.3 Å². The number of carbonyl (C=O) groups is 2. The molecule has 0 atom stereocenters. The highest BCUT2D eigenvalue weighted by Crippen LogP contribution is 2.23. The second-order valence-corrected chi connectivity index (χ2v) is 7.50. The van der Waals surface area contributed by atoms with Crippen molar-refractivity contribution in [3.8, 4) is 0 Å². The molecule has 0 radical (unpaired) electrons. The fraction of sp³-hybridized carbons (Fsp3) is 0.0800. The number of aryl methyl sites for hydroxylation is 2. The molecule has 6 N–H and O–H groups in total. The quantitative estimate of drug-likeness (QED) is 0.267. The third-order valence-corrected chi connectivity index (χ3v) is 5.34. The molecular formula is C25H23N5O2. The molecule has 7 nitrogen and oxygen atoms in total. The molecule has 0 saturated carbocycles. The number of carbonyl (C=O) groups excluding carboxylic acids is 2. The van der Waals surface area contributed by atoms with Crippen LogP contribution >= 0.6 is 0 Å². The number of aromatic nitrogens is 1. The molecule has 0 spiro atoms. The molecule has 0 bridgehead atoms. The van der Waals surface area contributed by atoms with Crippen LogP contribution in [0.5, 0.6) is 0 Å². The van der Waals surface area contributed by atoms with Crippen LogP contribution < -0.4 is 16.8 Å². The average Bonchev–Trinajstić information content (AvgIpc) is 3.16. The number of nitrogens with zero attached hydrogens (tertiary/aromatic N) is 1. The van der Waals surface area contributed by atoms with Crippen LogP contribution in [-0.2, 0) is 13.0 Å². The fourth-order valence-corrected chi connectivity index (χ4v) is 3.65. The lowest BCUT2D eigenvalue weighted by Gasteiger charge is -2.12. The van der Waals surface area contributed by atoms with Gasteiger partial charge >= 0.3 is 0 Å². The van der Waals surface area contributed by atoms with Gasteiger partial charge in [-0.25, -0.2) is 0 Å². The topological polar surface area (TPSA) is 127 Å². The van der Waals surface area contributed by atoms with E-state index in [9.17, 15) is 9.59 Å². The number of fused-ring (bicyclic) bond motifs is 1. The Hall–Kier alpha value is -4.39. The number of hydrogen-bond acceptors (Lipinski definition) is 3. The maximum absolute atomic E-state index is 13.2. The number of hydrogen-bond donors (Lipinski definition) is 4. The summed E-state index contributed by atoms with van der Waals surface area (Å²) in [6.07, 6.45) is 0.739. The highest BCUT2D eigenvalue weighted by molar-refractivity contribution is 6.07. The molecule has 160 valence electrons. The molecule has 0 unspecified atom stereocenters. The van der Waals surface area contributed by atoms with E-state index in [4.69, 9.17) is 16.9 Å². The first kappa shape index (κ1) is 20.9. The van der Waals surface area contributed by atoms with E-state index in [0.717, 1.165) is 22.9 Å². The van der Waals surface area contributed by atoms with Crippen molar-refractivity contribution in [3.63, 3.8) is 0 Å². The SMILES string of the molecule is N=C(N)c1ccc2cc(C(=O)Nc3ccc(C(N)=O)cc3)n(CCc3ccccc3)c2c1. The van der Waals surface area contributed by atoms with Crippen molar-refractivity contribution in [1.82, 2.24) is 4.57 Å². The van der Waals surface area contributed by atoms with Crippen LogP contribution in [-0.4, -0.2) is 22.2 Å². The number of amides is 2. The number of primary amides is 1.